The summed E-state index contributed by atoms with van der Waals surface area (Å²) < 4.78 is 13.3. The van der Waals surface area contributed by atoms with Crippen LogP contribution in [0.4, 0.5) is 4.39 Å². The minimum atomic E-state index is -0.471. The van der Waals surface area contributed by atoms with Crippen molar-refractivity contribution in [2.75, 3.05) is 13.1 Å². The van der Waals surface area contributed by atoms with E-state index in [0.717, 1.165) is 13.0 Å². The fourth-order valence-electron chi connectivity index (χ4n) is 1.62. The van der Waals surface area contributed by atoms with Crippen molar-refractivity contribution in [1.82, 2.24) is 10.6 Å². The molecule has 1 aromatic carbocycles. The minimum absolute atomic E-state index is 0.114. The van der Waals surface area contributed by atoms with Gasteiger partial charge in [0, 0.05) is 12.6 Å². The number of hydrogen-bond acceptors (Lipinski definition) is 2. The molecule has 0 saturated heterocycles. The van der Waals surface area contributed by atoms with E-state index in [1.807, 2.05) is 0 Å². The second-order valence-corrected chi connectivity index (χ2v) is 4.32. The van der Waals surface area contributed by atoms with E-state index in [9.17, 15) is 9.18 Å². The maximum absolute atomic E-state index is 13.3. The van der Waals surface area contributed by atoms with Gasteiger partial charge in [0.25, 0.3) is 5.91 Å². The van der Waals surface area contributed by atoms with Crippen molar-refractivity contribution in [3.8, 4) is 0 Å². The van der Waals surface area contributed by atoms with Gasteiger partial charge in [0.2, 0.25) is 0 Å². The van der Waals surface area contributed by atoms with Crippen molar-refractivity contribution in [1.29, 1.82) is 0 Å². The van der Waals surface area contributed by atoms with Crippen molar-refractivity contribution >= 4 is 5.91 Å². The number of carbonyl (C=O) groups excluding carboxylic acids is 1. The summed E-state index contributed by atoms with van der Waals surface area (Å²) in [4.78, 5) is 11.6. The highest BCUT2D eigenvalue weighted by atomic mass is 19.1. The van der Waals surface area contributed by atoms with Gasteiger partial charge in [0.05, 0.1) is 5.56 Å². The summed E-state index contributed by atoms with van der Waals surface area (Å²) in [5, 5.41) is 6.07. The second-order valence-electron chi connectivity index (χ2n) is 4.32. The lowest BCUT2D eigenvalue weighted by atomic mass is 10.2. The van der Waals surface area contributed by atoms with Crippen LogP contribution in [0.5, 0.6) is 0 Å². The van der Waals surface area contributed by atoms with E-state index in [0.29, 0.717) is 12.6 Å². The molecule has 2 rings (SSSR count). The van der Waals surface area contributed by atoms with Crippen molar-refractivity contribution < 1.29 is 9.18 Å². The predicted octanol–water partition coefficient (Wildman–Crippen LogP) is 1.70. The maximum Gasteiger partial charge on any atom is 0.254 e. The summed E-state index contributed by atoms with van der Waals surface area (Å²) in [7, 11) is 0. The summed E-state index contributed by atoms with van der Waals surface area (Å²) in [5.41, 5.74) is 0.114. The maximum atomic E-state index is 13.3. The Kier molecular flexibility index (Phi) is 4.09. The number of hydrogen-bond donors (Lipinski definition) is 2. The average molecular weight is 236 g/mol. The standard InChI is InChI=1S/C13H17FN2O/c14-12-5-2-1-4-11(12)13(17)16-9-3-8-15-10-6-7-10/h1-2,4-5,10,15H,3,6-9H2,(H,16,17). The van der Waals surface area contributed by atoms with Gasteiger partial charge < -0.3 is 10.6 Å². The second kappa shape index (κ2) is 5.77. The van der Waals surface area contributed by atoms with Crippen LogP contribution in [0.15, 0.2) is 24.3 Å². The molecule has 1 aliphatic rings. The van der Waals surface area contributed by atoms with E-state index in [4.69, 9.17) is 0 Å². The molecular formula is C13H17FN2O. The molecule has 1 amide bonds. The number of halogens is 1. The fourth-order valence-corrected chi connectivity index (χ4v) is 1.62. The van der Waals surface area contributed by atoms with E-state index < -0.39 is 5.82 Å². The summed E-state index contributed by atoms with van der Waals surface area (Å²) in [6.07, 6.45) is 3.40. The third kappa shape index (κ3) is 3.82. The van der Waals surface area contributed by atoms with Gasteiger partial charge >= 0.3 is 0 Å². The molecule has 0 unspecified atom stereocenters. The number of benzene rings is 1. The molecule has 0 aliphatic heterocycles. The van der Waals surface area contributed by atoms with Gasteiger partial charge in [0.15, 0.2) is 0 Å². The predicted molar refractivity (Wildman–Crippen MR) is 64.4 cm³/mol. The molecular weight excluding hydrogens is 219 g/mol. The Bertz CT molecular complexity index is 391. The Morgan fingerprint density at radius 1 is 1.29 bits per heavy atom. The highest BCUT2D eigenvalue weighted by Crippen LogP contribution is 2.18. The third-order valence-corrected chi connectivity index (χ3v) is 2.77. The zero-order chi connectivity index (χ0) is 12.1. The Balaban J connectivity index is 1.67. The number of nitrogens with one attached hydrogen (secondary N) is 2. The Morgan fingerprint density at radius 3 is 2.76 bits per heavy atom. The monoisotopic (exact) mass is 236 g/mol. The molecule has 1 saturated carbocycles. The molecule has 0 spiro atoms. The SMILES string of the molecule is O=C(NCCCNC1CC1)c1ccccc1F. The van der Waals surface area contributed by atoms with E-state index in [1.54, 1.807) is 12.1 Å². The third-order valence-electron chi connectivity index (χ3n) is 2.77. The van der Waals surface area contributed by atoms with Gasteiger partial charge in [-0.1, -0.05) is 12.1 Å². The zero-order valence-corrected chi connectivity index (χ0v) is 9.71. The topological polar surface area (TPSA) is 41.1 Å². The molecule has 0 radical (unpaired) electrons. The van der Waals surface area contributed by atoms with Crippen LogP contribution in [0.3, 0.4) is 0 Å². The van der Waals surface area contributed by atoms with Gasteiger partial charge in [-0.2, -0.15) is 0 Å². The first-order valence-electron chi connectivity index (χ1n) is 6.03. The minimum Gasteiger partial charge on any atom is -0.352 e. The normalized spacial score (nSPS) is 14.6. The molecule has 0 aromatic heterocycles. The average Bonchev–Trinajstić information content (AvgIpc) is 3.13. The molecule has 1 fully saturated rings. The van der Waals surface area contributed by atoms with E-state index in [1.165, 1.54) is 25.0 Å². The van der Waals surface area contributed by atoms with Gasteiger partial charge in [-0.3, -0.25) is 4.79 Å². The first-order valence-corrected chi connectivity index (χ1v) is 6.03. The highest BCUT2D eigenvalue weighted by Gasteiger charge is 2.19. The van der Waals surface area contributed by atoms with Gasteiger partial charge in [-0.15, -0.1) is 0 Å². The lowest BCUT2D eigenvalue weighted by Crippen LogP contribution is -2.28. The molecule has 92 valence electrons. The molecule has 0 atom stereocenters. The number of carbonyl (C=O) groups is 1. The van der Waals surface area contributed by atoms with Crippen LogP contribution in [0.2, 0.25) is 0 Å². The van der Waals surface area contributed by atoms with E-state index in [2.05, 4.69) is 10.6 Å². The van der Waals surface area contributed by atoms with E-state index >= 15 is 0 Å². The van der Waals surface area contributed by atoms with Crippen molar-refractivity contribution in [2.45, 2.75) is 25.3 Å². The number of amides is 1. The molecule has 0 bridgehead atoms. The lowest BCUT2D eigenvalue weighted by Gasteiger charge is -2.06. The zero-order valence-electron chi connectivity index (χ0n) is 9.71. The van der Waals surface area contributed by atoms with Crippen LogP contribution in [0.1, 0.15) is 29.6 Å². The number of rotatable bonds is 6. The molecule has 2 N–H and O–H groups in total. The summed E-state index contributed by atoms with van der Waals surface area (Å²) in [6.45, 7) is 1.48. The lowest BCUT2D eigenvalue weighted by molar-refractivity contribution is 0.0949. The first-order chi connectivity index (χ1) is 8.27. The smallest absolute Gasteiger partial charge is 0.254 e. The molecule has 1 aliphatic carbocycles. The molecule has 17 heavy (non-hydrogen) atoms. The van der Waals surface area contributed by atoms with Gasteiger partial charge in [-0.05, 0) is 37.9 Å². The van der Waals surface area contributed by atoms with Crippen LogP contribution < -0.4 is 10.6 Å². The van der Waals surface area contributed by atoms with Crippen molar-refractivity contribution in [3.63, 3.8) is 0 Å². The summed E-state index contributed by atoms with van der Waals surface area (Å²) >= 11 is 0. The first kappa shape index (κ1) is 12.0. The molecule has 0 heterocycles. The van der Waals surface area contributed by atoms with Gasteiger partial charge in [0.1, 0.15) is 5.82 Å². The van der Waals surface area contributed by atoms with Crippen LogP contribution >= 0.6 is 0 Å². The Labute approximate surface area is 100 Å². The molecule has 4 heteroatoms. The van der Waals surface area contributed by atoms with Crippen LogP contribution in [-0.2, 0) is 0 Å². The summed E-state index contributed by atoms with van der Waals surface area (Å²) in [6, 6.07) is 6.71. The van der Waals surface area contributed by atoms with Crippen LogP contribution in [-0.4, -0.2) is 25.0 Å². The Morgan fingerprint density at radius 2 is 2.06 bits per heavy atom. The van der Waals surface area contributed by atoms with E-state index in [-0.39, 0.29) is 11.5 Å². The fraction of sp³-hybridized carbons (Fsp3) is 0.462. The van der Waals surface area contributed by atoms with Crippen LogP contribution in [0.25, 0.3) is 0 Å². The molecule has 3 nitrogen and oxygen atoms in total. The van der Waals surface area contributed by atoms with Crippen molar-refractivity contribution in [2.24, 2.45) is 0 Å². The van der Waals surface area contributed by atoms with Gasteiger partial charge in [-0.25, -0.2) is 4.39 Å². The summed E-state index contributed by atoms with van der Waals surface area (Å²) in [5.74, 6) is -0.810. The van der Waals surface area contributed by atoms with Crippen LogP contribution in [0, 0.1) is 5.82 Å². The quantitative estimate of drug-likeness (QED) is 0.738. The Hall–Kier alpha value is -1.42. The molecule has 1 aromatic rings. The largest absolute Gasteiger partial charge is 0.352 e. The highest BCUT2D eigenvalue weighted by molar-refractivity contribution is 5.94. The van der Waals surface area contributed by atoms with Crippen molar-refractivity contribution in [3.05, 3.63) is 35.6 Å².